The first-order valence-electron chi connectivity index (χ1n) is 22.7. The average Bonchev–Trinajstić information content (AvgIpc) is 3.15. The van der Waals surface area contributed by atoms with Crippen molar-refractivity contribution < 1.29 is 19.4 Å². The second-order valence-corrected chi connectivity index (χ2v) is 15.1. The number of esters is 1. The third kappa shape index (κ3) is 42.8. The number of hydrogen-bond acceptors (Lipinski definition) is 4. The van der Waals surface area contributed by atoms with Crippen LogP contribution in [0.2, 0.25) is 0 Å². The molecule has 0 bridgehead atoms. The van der Waals surface area contributed by atoms with Gasteiger partial charge in [0.25, 0.3) is 0 Å². The molecule has 0 heterocycles. The number of allylic oxidation sites excluding steroid dienone is 8. The monoisotopic (exact) mass is 729 g/mol. The van der Waals surface area contributed by atoms with Gasteiger partial charge in [0, 0.05) is 13.0 Å². The molecule has 52 heavy (non-hydrogen) atoms. The van der Waals surface area contributed by atoms with Gasteiger partial charge in [-0.15, -0.1) is 0 Å². The van der Waals surface area contributed by atoms with Crippen molar-refractivity contribution in [1.29, 1.82) is 0 Å². The summed E-state index contributed by atoms with van der Waals surface area (Å²) in [6.45, 7) is 5.32. The Balaban J connectivity index is 3.42. The molecule has 0 aromatic rings. The average molecular weight is 729 g/mol. The normalized spacial score (nSPS) is 12.8. The summed E-state index contributed by atoms with van der Waals surface area (Å²) >= 11 is 0. The summed E-state index contributed by atoms with van der Waals surface area (Å²) in [5.74, 6) is -0.210. The van der Waals surface area contributed by atoms with Gasteiger partial charge in [-0.05, 0) is 77.0 Å². The summed E-state index contributed by atoms with van der Waals surface area (Å²) in [4.78, 5) is 12.2. The number of unbranched alkanes of at least 4 members (excludes halogenated alkanes) is 26. The third-order valence-corrected chi connectivity index (χ3v) is 9.88. The first kappa shape index (κ1) is 50.4. The molecule has 0 saturated carbocycles. The fourth-order valence-corrected chi connectivity index (χ4v) is 6.45. The van der Waals surface area contributed by atoms with Crippen molar-refractivity contribution in [3.8, 4) is 0 Å². The van der Waals surface area contributed by atoms with E-state index in [1.807, 2.05) is 0 Å². The van der Waals surface area contributed by atoms with Gasteiger partial charge in [-0.2, -0.15) is 0 Å². The Morgan fingerprint density at radius 2 is 0.808 bits per heavy atom. The van der Waals surface area contributed by atoms with Crippen LogP contribution in [0.1, 0.15) is 226 Å². The van der Waals surface area contributed by atoms with Gasteiger partial charge in [-0.25, -0.2) is 0 Å². The molecular formula is C48H88O4. The molecule has 4 heteroatoms. The van der Waals surface area contributed by atoms with Crippen LogP contribution in [0.5, 0.6) is 0 Å². The van der Waals surface area contributed by atoms with E-state index < -0.39 is 6.10 Å². The first-order valence-corrected chi connectivity index (χ1v) is 22.7. The molecule has 0 fully saturated rings. The van der Waals surface area contributed by atoms with Gasteiger partial charge in [0.15, 0.2) is 0 Å². The second kappa shape index (κ2) is 45.5. The maximum atomic E-state index is 12.2. The van der Waals surface area contributed by atoms with Crippen molar-refractivity contribution in [3.63, 3.8) is 0 Å². The maximum absolute atomic E-state index is 12.2. The van der Waals surface area contributed by atoms with Crippen LogP contribution >= 0.6 is 0 Å². The lowest BCUT2D eigenvalue weighted by Gasteiger charge is -2.15. The summed E-state index contributed by atoms with van der Waals surface area (Å²) in [5, 5.41) is 9.60. The molecule has 1 atom stereocenters. The molecule has 304 valence electrons. The fourth-order valence-electron chi connectivity index (χ4n) is 6.45. The Kier molecular flexibility index (Phi) is 44.1. The van der Waals surface area contributed by atoms with Crippen molar-refractivity contribution in [2.24, 2.45) is 0 Å². The van der Waals surface area contributed by atoms with E-state index in [1.54, 1.807) is 0 Å². The highest BCUT2D eigenvalue weighted by atomic mass is 16.6. The summed E-state index contributed by atoms with van der Waals surface area (Å²) < 4.78 is 11.2. The molecule has 0 aromatic carbocycles. The molecule has 0 saturated heterocycles. The van der Waals surface area contributed by atoms with Gasteiger partial charge in [-0.1, -0.05) is 191 Å². The predicted octanol–water partition coefficient (Wildman–Crippen LogP) is 15.0. The highest BCUT2D eigenvalue weighted by Crippen LogP contribution is 2.14. The molecule has 1 unspecified atom stereocenters. The van der Waals surface area contributed by atoms with Gasteiger partial charge < -0.3 is 14.6 Å². The van der Waals surface area contributed by atoms with Crippen molar-refractivity contribution in [1.82, 2.24) is 0 Å². The highest BCUT2D eigenvalue weighted by molar-refractivity contribution is 5.69. The number of aliphatic hydroxyl groups is 1. The van der Waals surface area contributed by atoms with Crippen LogP contribution in [0.3, 0.4) is 0 Å². The van der Waals surface area contributed by atoms with Crippen LogP contribution < -0.4 is 0 Å². The van der Waals surface area contributed by atoms with E-state index in [0.29, 0.717) is 19.6 Å². The van der Waals surface area contributed by atoms with E-state index in [9.17, 15) is 9.90 Å². The van der Waals surface area contributed by atoms with Crippen LogP contribution in [0.25, 0.3) is 0 Å². The number of carbonyl (C=O) groups is 1. The Morgan fingerprint density at radius 1 is 0.462 bits per heavy atom. The van der Waals surface area contributed by atoms with Gasteiger partial charge in [0.1, 0.15) is 6.10 Å². The summed E-state index contributed by atoms with van der Waals surface area (Å²) in [5.41, 5.74) is 0. The van der Waals surface area contributed by atoms with Gasteiger partial charge in [0.2, 0.25) is 0 Å². The number of hydrogen-bond donors (Lipinski definition) is 1. The van der Waals surface area contributed by atoms with Gasteiger partial charge in [-0.3, -0.25) is 4.79 Å². The molecule has 0 spiro atoms. The molecule has 0 aliphatic rings. The van der Waals surface area contributed by atoms with Crippen LogP contribution in [0.15, 0.2) is 48.6 Å². The number of ether oxygens (including phenoxy) is 2. The Morgan fingerprint density at radius 3 is 1.23 bits per heavy atom. The van der Waals surface area contributed by atoms with E-state index in [-0.39, 0.29) is 12.6 Å². The molecule has 0 aliphatic heterocycles. The van der Waals surface area contributed by atoms with Gasteiger partial charge in [0.05, 0.1) is 13.2 Å². The van der Waals surface area contributed by atoms with Crippen LogP contribution in [-0.4, -0.2) is 37.0 Å². The molecule has 0 aliphatic carbocycles. The van der Waals surface area contributed by atoms with Crippen LogP contribution in [0.4, 0.5) is 0 Å². The molecule has 0 amide bonds. The summed E-state index contributed by atoms with van der Waals surface area (Å²) in [6.07, 6.45) is 58.9. The largest absolute Gasteiger partial charge is 0.457 e. The quantitative estimate of drug-likeness (QED) is 0.0386. The van der Waals surface area contributed by atoms with Crippen LogP contribution in [-0.2, 0) is 14.3 Å². The van der Waals surface area contributed by atoms with E-state index in [0.717, 1.165) is 32.1 Å². The van der Waals surface area contributed by atoms with E-state index in [4.69, 9.17) is 9.47 Å². The van der Waals surface area contributed by atoms with E-state index >= 15 is 0 Å². The minimum atomic E-state index is -0.540. The Bertz CT molecular complexity index is 813. The standard InChI is InChI=1S/C48H88O4/c1-3-5-7-9-11-13-15-17-19-20-21-22-23-24-25-26-27-28-29-30-32-34-36-38-40-42-44-51-46-47(45-49)52-48(50)43-41-39-37-35-33-31-18-16-14-12-10-8-6-4-2/h15-18,20-21,23-24,47,49H,3-14,19,22,25-46H2,1-2H3/b17-15-,18-16-,21-20-,24-23-. The number of rotatable bonds is 42. The maximum Gasteiger partial charge on any atom is 0.306 e. The molecule has 1 N–H and O–H groups in total. The van der Waals surface area contributed by atoms with E-state index in [2.05, 4.69) is 62.5 Å². The zero-order valence-corrected chi connectivity index (χ0v) is 34.8. The summed E-state index contributed by atoms with van der Waals surface area (Å²) in [7, 11) is 0. The zero-order chi connectivity index (χ0) is 37.7. The fraction of sp³-hybridized carbons (Fsp3) is 0.812. The second-order valence-electron chi connectivity index (χ2n) is 15.1. The smallest absolute Gasteiger partial charge is 0.306 e. The molecule has 0 rings (SSSR count). The Labute approximate surface area is 324 Å². The first-order chi connectivity index (χ1) is 25.7. The lowest BCUT2D eigenvalue weighted by atomic mass is 10.1. The minimum Gasteiger partial charge on any atom is -0.457 e. The molecule has 4 nitrogen and oxygen atoms in total. The van der Waals surface area contributed by atoms with Crippen molar-refractivity contribution in [2.45, 2.75) is 232 Å². The predicted molar refractivity (Wildman–Crippen MR) is 228 cm³/mol. The van der Waals surface area contributed by atoms with Crippen molar-refractivity contribution in [3.05, 3.63) is 48.6 Å². The Hall–Kier alpha value is -1.65. The minimum absolute atomic E-state index is 0.176. The van der Waals surface area contributed by atoms with E-state index in [1.165, 1.54) is 173 Å². The van der Waals surface area contributed by atoms with Crippen molar-refractivity contribution in [2.75, 3.05) is 19.8 Å². The third-order valence-electron chi connectivity index (χ3n) is 9.88. The number of aliphatic hydroxyl groups excluding tert-OH is 1. The topological polar surface area (TPSA) is 55.8 Å². The summed E-state index contributed by atoms with van der Waals surface area (Å²) in [6, 6.07) is 0. The lowest BCUT2D eigenvalue weighted by molar-refractivity contribution is -0.154. The zero-order valence-electron chi connectivity index (χ0n) is 34.8. The molecule has 0 aromatic heterocycles. The van der Waals surface area contributed by atoms with Gasteiger partial charge >= 0.3 is 5.97 Å². The SMILES string of the molecule is CCCCCCC/C=C\C/C=C\C/C=C\CCCCCCCCCCCCCOCC(CO)OC(=O)CCCCCCC/C=C\CCCCCCC. The number of carbonyl (C=O) groups excluding carboxylic acids is 1. The highest BCUT2D eigenvalue weighted by Gasteiger charge is 2.13. The van der Waals surface area contributed by atoms with Crippen LogP contribution in [0, 0.1) is 0 Å². The molecular weight excluding hydrogens is 641 g/mol. The molecule has 0 radical (unpaired) electrons. The van der Waals surface area contributed by atoms with Crippen molar-refractivity contribution >= 4 is 5.97 Å². The lowest BCUT2D eigenvalue weighted by Crippen LogP contribution is -2.27.